The highest BCUT2D eigenvalue weighted by Crippen LogP contribution is 2.23. The van der Waals surface area contributed by atoms with Gasteiger partial charge in [-0.1, -0.05) is 32.9 Å². The zero-order valence-corrected chi connectivity index (χ0v) is 22.4. The number of carboxylic acids is 2. The molecule has 1 saturated heterocycles. The molecule has 2 aromatic heterocycles. The van der Waals surface area contributed by atoms with E-state index in [-0.39, 0.29) is 17.4 Å². The molecule has 1 aliphatic rings. The Kier molecular flexibility index (Phi) is 10.9. The summed E-state index contributed by atoms with van der Waals surface area (Å²) in [6.45, 7) is 8.23. The molecule has 1 amide bonds. The molecule has 4 N–H and O–H groups in total. The van der Waals surface area contributed by atoms with E-state index in [4.69, 9.17) is 24.5 Å². The molecule has 0 aliphatic carbocycles. The number of carboxylic acid groups (broad SMARTS) is 2. The first-order valence-corrected chi connectivity index (χ1v) is 12.0. The molecule has 1 aromatic carbocycles. The average molecular weight is 608 g/mol. The quantitative estimate of drug-likeness (QED) is 0.318. The third-order valence-electron chi connectivity index (χ3n) is 5.34. The van der Waals surface area contributed by atoms with Gasteiger partial charge in [-0.25, -0.2) is 19.1 Å². The van der Waals surface area contributed by atoms with Gasteiger partial charge in [-0.3, -0.25) is 4.79 Å². The van der Waals surface area contributed by atoms with Gasteiger partial charge >= 0.3 is 24.3 Å². The number of amides is 1. The summed E-state index contributed by atoms with van der Waals surface area (Å²) in [4.78, 5) is 34.7. The fourth-order valence-corrected chi connectivity index (χ4v) is 3.20. The lowest BCUT2D eigenvalue weighted by Crippen LogP contribution is -2.21. The predicted octanol–water partition coefficient (Wildman–Crippen LogP) is 4.29. The second-order valence-corrected chi connectivity index (χ2v) is 9.72. The van der Waals surface area contributed by atoms with Crippen molar-refractivity contribution in [3.8, 4) is 5.88 Å². The minimum atomic E-state index is -5.08. The molecule has 230 valence electrons. The molecule has 17 heteroatoms. The monoisotopic (exact) mass is 607 g/mol. The van der Waals surface area contributed by atoms with Crippen LogP contribution < -0.4 is 15.4 Å². The molecular weight excluding hydrogens is 580 g/mol. The van der Waals surface area contributed by atoms with Crippen molar-refractivity contribution in [1.29, 1.82) is 0 Å². The van der Waals surface area contributed by atoms with Crippen molar-refractivity contribution >= 4 is 29.3 Å². The summed E-state index contributed by atoms with van der Waals surface area (Å²) in [6, 6.07) is 11.3. The number of carbonyl (C=O) groups excluding carboxylic acids is 1. The molecule has 1 fully saturated rings. The van der Waals surface area contributed by atoms with Crippen LogP contribution in [0, 0.1) is 0 Å². The minimum absolute atomic E-state index is 0.0522. The first kappa shape index (κ1) is 33.8. The first-order chi connectivity index (χ1) is 19.3. The van der Waals surface area contributed by atoms with E-state index in [1.807, 2.05) is 30.3 Å². The first-order valence-electron chi connectivity index (χ1n) is 12.0. The van der Waals surface area contributed by atoms with E-state index < -0.39 is 24.3 Å². The summed E-state index contributed by atoms with van der Waals surface area (Å²) in [5.41, 5.74) is 2.48. The van der Waals surface area contributed by atoms with Crippen LogP contribution in [0.2, 0.25) is 0 Å². The van der Waals surface area contributed by atoms with E-state index in [0.29, 0.717) is 22.9 Å². The summed E-state index contributed by atoms with van der Waals surface area (Å²) in [6.07, 6.45) is -7.36. The van der Waals surface area contributed by atoms with Crippen LogP contribution in [-0.4, -0.2) is 74.2 Å². The lowest BCUT2D eigenvalue weighted by Gasteiger charge is -2.18. The van der Waals surface area contributed by atoms with Gasteiger partial charge in [-0.2, -0.15) is 26.3 Å². The molecule has 11 nitrogen and oxygen atoms in total. The summed E-state index contributed by atoms with van der Waals surface area (Å²) in [7, 11) is 0. The summed E-state index contributed by atoms with van der Waals surface area (Å²) < 4.78 is 71.0. The Morgan fingerprint density at radius 2 is 1.50 bits per heavy atom. The van der Waals surface area contributed by atoms with Crippen molar-refractivity contribution in [2.45, 2.75) is 51.1 Å². The van der Waals surface area contributed by atoms with Crippen LogP contribution >= 0.6 is 0 Å². The van der Waals surface area contributed by atoms with Gasteiger partial charge in [0.15, 0.2) is 11.5 Å². The molecule has 42 heavy (non-hydrogen) atoms. The number of rotatable bonds is 4. The van der Waals surface area contributed by atoms with Crippen molar-refractivity contribution in [2.75, 3.05) is 18.4 Å². The number of carbonyl (C=O) groups is 3. The van der Waals surface area contributed by atoms with Crippen molar-refractivity contribution < 1.29 is 55.7 Å². The molecule has 1 atom stereocenters. The largest absolute Gasteiger partial charge is 0.490 e. The molecule has 1 unspecified atom stereocenters. The zero-order chi connectivity index (χ0) is 31.9. The fraction of sp³-hybridized carbons (Fsp3) is 0.400. The molecular formula is C25H27F6N5O6. The van der Waals surface area contributed by atoms with Gasteiger partial charge in [0.25, 0.3) is 5.91 Å². The Balaban J connectivity index is 0.000000367. The highest BCUT2D eigenvalue weighted by Gasteiger charge is 2.38. The van der Waals surface area contributed by atoms with E-state index in [1.165, 1.54) is 5.56 Å². The molecule has 0 saturated carbocycles. The van der Waals surface area contributed by atoms with Crippen LogP contribution in [-0.2, 0) is 15.0 Å². The number of aliphatic carboxylic acids is 2. The average Bonchev–Trinajstić information content (AvgIpc) is 3.52. The van der Waals surface area contributed by atoms with Gasteiger partial charge in [-0.15, -0.1) is 5.10 Å². The number of benzene rings is 1. The van der Waals surface area contributed by atoms with Gasteiger partial charge < -0.3 is 25.6 Å². The standard InChI is InChI=1S/C21H25N5O2.2C2HF3O2/c1-21(2,3)15-6-4-14(5-7-15)20(27)24-17-13-26-18(23-17)8-9-19(25-26)28-16-10-11-22-12-16;2*3-2(4,5)1(6)7/h4-9,13,16,22H,10-12H2,1-3H3,(H,24,27);2*(H,6,7). The number of fused-ring (bicyclic) bond motifs is 1. The second kappa shape index (κ2) is 13.5. The van der Waals surface area contributed by atoms with Gasteiger partial charge in [0.2, 0.25) is 5.88 Å². The van der Waals surface area contributed by atoms with E-state index >= 15 is 0 Å². The Bertz CT molecular complexity index is 1350. The number of nitrogens with one attached hydrogen (secondary N) is 2. The SMILES string of the molecule is CC(C)(C)c1ccc(C(=O)Nc2cn3nc(OC4CCNC4)ccc3n2)cc1.O=C(O)C(F)(F)F.O=C(O)C(F)(F)F. The number of hydrogen-bond donors (Lipinski definition) is 4. The van der Waals surface area contributed by atoms with Gasteiger partial charge in [-0.05, 0) is 42.1 Å². The molecule has 0 radical (unpaired) electrons. The molecule has 4 rings (SSSR count). The summed E-state index contributed by atoms with van der Waals surface area (Å²) in [5.74, 6) is -4.70. The summed E-state index contributed by atoms with van der Waals surface area (Å²) in [5, 5.41) is 24.8. The Hall–Kier alpha value is -4.41. The minimum Gasteiger partial charge on any atom is -0.475 e. The normalized spacial score (nSPS) is 15.1. The Morgan fingerprint density at radius 3 is 1.95 bits per heavy atom. The van der Waals surface area contributed by atoms with E-state index in [1.54, 1.807) is 16.8 Å². The van der Waals surface area contributed by atoms with E-state index in [0.717, 1.165) is 19.5 Å². The number of alkyl halides is 6. The van der Waals surface area contributed by atoms with Crippen LogP contribution in [0.25, 0.3) is 5.65 Å². The highest BCUT2D eigenvalue weighted by molar-refractivity contribution is 6.03. The smallest absolute Gasteiger partial charge is 0.475 e. The van der Waals surface area contributed by atoms with Crippen molar-refractivity contribution in [1.82, 2.24) is 19.9 Å². The van der Waals surface area contributed by atoms with Gasteiger partial charge in [0.05, 0.1) is 6.20 Å². The third-order valence-corrected chi connectivity index (χ3v) is 5.34. The van der Waals surface area contributed by atoms with Crippen LogP contribution in [0.3, 0.4) is 0 Å². The molecule has 0 spiro atoms. The van der Waals surface area contributed by atoms with Crippen molar-refractivity contribution in [2.24, 2.45) is 0 Å². The Morgan fingerprint density at radius 1 is 0.952 bits per heavy atom. The van der Waals surface area contributed by atoms with Gasteiger partial charge in [0.1, 0.15) is 6.10 Å². The zero-order valence-electron chi connectivity index (χ0n) is 22.4. The molecule has 3 heterocycles. The topological polar surface area (TPSA) is 155 Å². The lowest BCUT2D eigenvalue weighted by molar-refractivity contribution is -0.193. The predicted molar refractivity (Wildman–Crippen MR) is 135 cm³/mol. The molecule has 1 aliphatic heterocycles. The highest BCUT2D eigenvalue weighted by atomic mass is 19.4. The van der Waals surface area contributed by atoms with Crippen molar-refractivity contribution in [3.05, 3.63) is 53.7 Å². The number of imidazole rings is 1. The lowest BCUT2D eigenvalue weighted by atomic mass is 9.87. The molecule has 3 aromatic rings. The van der Waals surface area contributed by atoms with Crippen molar-refractivity contribution in [3.63, 3.8) is 0 Å². The van der Waals surface area contributed by atoms with E-state index in [2.05, 4.69) is 41.5 Å². The number of nitrogens with zero attached hydrogens (tertiary/aromatic N) is 3. The number of ether oxygens (including phenoxy) is 1. The van der Waals surface area contributed by atoms with E-state index in [9.17, 15) is 31.1 Å². The van der Waals surface area contributed by atoms with Crippen LogP contribution in [0.1, 0.15) is 43.1 Å². The van der Waals surface area contributed by atoms with Crippen LogP contribution in [0.4, 0.5) is 32.2 Å². The number of anilines is 1. The maximum absolute atomic E-state index is 12.5. The maximum atomic E-state index is 12.5. The van der Waals surface area contributed by atoms with Gasteiger partial charge in [0, 0.05) is 18.2 Å². The second-order valence-electron chi connectivity index (χ2n) is 9.72. The third kappa shape index (κ3) is 10.5. The number of hydrogen-bond acceptors (Lipinski definition) is 7. The number of aromatic nitrogens is 3. The van der Waals surface area contributed by atoms with Crippen LogP contribution in [0.15, 0.2) is 42.6 Å². The maximum Gasteiger partial charge on any atom is 0.490 e. The molecule has 0 bridgehead atoms. The Labute approximate surface area is 234 Å². The summed E-state index contributed by atoms with van der Waals surface area (Å²) >= 11 is 0. The fourth-order valence-electron chi connectivity index (χ4n) is 3.20. The number of halogens is 6. The van der Waals surface area contributed by atoms with Crippen LogP contribution in [0.5, 0.6) is 5.88 Å².